The summed E-state index contributed by atoms with van der Waals surface area (Å²) in [5.41, 5.74) is -1.57. The second-order valence-corrected chi connectivity index (χ2v) is 6.66. The molecule has 0 radical (unpaired) electrons. The molecule has 4 unspecified atom stereocenters. The van der Waals surface area contributed by atoms with Crippen molar-refractivity contribution >= 4 is 5.97 Å². The van der Waals surface area contributed by atoms with Gasteiger partial charge in [-0.25, -0.2) is 4.79 Å². The molecule has 1 N–H and O–H groups in total. The SMILES string of the molecule is C=CC(=O)OC12CC3CC(O)(CC(OCC)(C3)C1)C2. The summed E-state index contributed by atoms with van der Waals surface area (Å²) in [6, 6.07) is 0. The molecule has 106 valence electrons. The number of esters is 1. The maximum Gasteiger partial charge on any atom is 0.330 e. The van der Waals surface area contributed by atoms with Crippen molar-refractivity contribution in [2.24, 2.45) is 5.92 Å². The van der Waals surface area contributed by atoms with E-state index >= 15 is 0 Å². The summed E-state index contributed by atoms with van der Waals surface area (Å²) in [6.07, 6.45) is 5.79. The lowest BCUT2D eigenvalue weighted by Gasteiger charge is -2.63. The van der Waals surface area contributed by atoms with E-state index in [-0.39, 0.29) is 5.60 Å². The van der Waals surface area contributed by atoms with Gasteiger partial charge in [-0.1, -0.05) is 6.58 Å². The molecule has 0 heterocycles. The van der Waals surface area contributed by atoms with Gasteiger partial charge in [-0.3, -0.25) is 0 Å². The molecule has 4 heteroatoms. The summed E-state index contributed by atoms with van der Waals surface area (Å²) >= 11 is 0. The van der Waals surface area contributed by atoms with E-state index in [4.69, 9.17) is 9.47 Å². The minimum Gasteiger partial charge on any atom is -0.456 e. The van der Waals surface area contributed by atoms with Crippen LogP contribution in [-0.4, -0.2) is 34.5 Å². The number of rotatable bonds is 4. The van der Waals surface area contributed by atoms with E-state index in [1.807, 2.05) is 6.92 Å². The third kappa shape index (κ3) is 2.11. The summed E-state index contributed by atoms with van der Waals surface area (Å²) in [6.45, 7) is 6.07. The maximum atomic E-state index is 11.6. The minimum atomic E-state index is -0.726. The van der Waals surface area contributed by atoms with E-state index in [0.717, 1.165) is 19.3 Å². The molecule has 0 saturated heterocycles. The quantitative estimate of drug-likeness (QED) is 0.624. The standard InChI is InChI=1S/C15H22O4/c1-3-12(16)19-15-7-11-5-13(17,9-15)8-14(6-11,10-15)18-4-2/h3,11,17H,1,4-10H2,2H3. The summed E-state index contributed by atoms with van der Waals surface area (Å²) in [5.74, 6) is 0.00242. The third-order valence-corrected chi connectivity index (χ3v) is 4.87. The van der Waals surface area contributed by atoms with Crippen LogP contribution >= 0.6 is 0 Å². The molecular formula is C15H22O4. The van der Waals surface area contributed by atoms with Crippen LogP contribution in [0.15, 0.2) is 12.7 Å². The van der Waals surface area contributed by atoms with Crippen LogP contribution in [-0.2, 0) is 14.3 Å². The van der Waals surface area contributed by atoms with Gasteiger partial charge in [0.15, 0.2) is 0 Å². The predicted octanol–water partition coefficient (Wildman–Crippen LogP) is 1.96. The van der Waals surface area contributed by atoms with Gasteiger partial charge in [-0.05, 0) is 32.1 Å². The van der Waals surface area contributed by atoms with Crippen molar-refractivity contribution in [3.05, 3.63) is 12.7 Å². The summed E-state index contributed by atoms with van der Waals surface area (Å²) in [4.78, 5) is 11.6. The summed E-state index contributed by atoms with van der Waals surface area (Å²) < 4.78 is 11.6. The molecular weight excluding hydrogens is 244 g/mol. The van der Waals surface area contributed by atoms with Crippen LogP contribution in [0.4, 0.5) is 0 Å². The largest absolute Gasteiger partial charge is 0.456 e. The first kappa shape index (κ1) is 13.1. The number of aliphatic hydroxyl groups is 1. The lowest BCUT2D eigenvalue weighted by Crippen LogP contribution is -2.67. The van der Waals surface area contributed by atoms with Gasteiger partial charge in [0.25, 0.3) is 0 Å². The highest BCUT2D eigenvalue weighted by atomic mass is 16.6. The molecule has 0 aromatic rings. The van der Waals surface area contributed by atoms with Crippen LogP contribution in [0, 0.1) is 5.92 Å². The topological polar surface area (TPSA) is 55.8 Å². The summed E-state index contributed by atoms with van der Waals surface area (Å²) in [7, 11) is 0. The summed E-state index contributed by atoms with van der Waals surface area (Å²) in [5, 5.41) is 10.7. The smallest absolute Gasteiger partial charge is 0.330 e. The van der Waals surface area contributed by atoms with Gasteiger partial charge in [0.1, 0.15) is 5.60 Å². The molecule has 4 fully saturated rings. The van der Waals surface area contributed by atoms with Crippen molar-refractivity contribution in [3.8, 4) is 0 Å². The van der Waals surface area contributed by atoms with Crippen LogP contribution in [0.5, 0.6) is 0 Å². The molecule has 4 atom stereocenters. The van der Waals surface area contributed by atoms with Crippen molar-refractivity contribution in [1.29, 1.82) is 0 Å². The molecule has 0 aromatic heterocycles. The molecule has 19 heavy (non-hydrogen) atoms. The average molecular weight is 266 g/mol. The molecule has 4 rings (SSSR count). The molecule has 0 amide bonds. The van der Waals surface area contributed by atoms with Crippen LogP contribution < -0.4 is 0 Å². The Hall–Kier alpha value is -0.870. The molecule has 4 aliphatic rings. The van der Waals surface area contributed by atoms with E-state index in [2.05, 4.69) is 6.58 Å². The van der Waals surface area contributed by atoms with Gasteiger partial charge >= 0.3 is 5.97 Å². The molecule has 0 spiro atoms. The number of hydrogen-bond donors (Lipinski definition) is 1. The van der Waals surface area contributed by atoms with Crippen molar-refractivity contribution < 1.29 is 19.4 Å². The highest BCUT2D eigenvalue weighted by molar-refractivity contribution is 5.81. The molecule has 4 saturated carbocycles. The van der Waals surface area contributed by atoms with Gasteiger partial charge in [-0.15, -0.1) is 0 Å². The second kappa shape index (κ2) is 4.06. The fourth-order valence-electron chi connectivity index (χ4n) is 5.05. The van der Waals surface area contributed by atoms with Crippen molar-refractivity contribution in [2.45, 2.75) is 62.3 Å². The second-order valence-electron chi connectivity index (χ2n) is 6.66. The van der Waals surface area contributed by atoms with Crippen LogP contribution in [0.3, 0.4) is 0 Å². The van der Waals surface area contributed by atoms with Crippen LogP contribution in [0.1, 0.15) is 45.4 Å². The third-order valence-electron chi connectivity index (χ3n) is 4.87. The van der Waals surface area contributed by atoms with Gasteiger partial charge < -0.3 is 14.6 Å². The Bertz CT molecular complexity index is 420. The van der Waals surface area contributed by atoms with Crippen LogP contribution in [0.25, 0.3) is 0 Å². The van der Waals surface area contributed by atoms with Crippen molar-refractivity contribution in [2.75, 3.05) is 6.61 Å². The van der Waals surface area contributed by atoms with Gasteiger partial charge in [0.05, 0.1) is 11.2 Å². The average Bonchev–Trinajstić information content (AvgIpc) is 2.24. The Morgan fingerprint density at radius 2 is 2.00 bits per heavy atom. The van der Waals surface area contributed by atoms with E-state index in [1.165, 1.54) is 6.08 Å². The number of carbonyl (C=O) groups is 1. The first-order chi connectivity index (χ1) is 8.92. The molecule has 4 bridgehead atoms. The van der Waals surface area contributed by atoms with Gasteiger partial charge in [0.2, 0.25) is 0 Å². The number of carbonyl (C=O) groups excluding carboxylic acids is 1. The Morgan fingerprint density at radius 1 is 1.32 bits per heavy atom. The number of hydrogen-bond acceptors (Lipinski definition) is 4. The van der Waals surface area contributed by atoms with E-state index in [1.54, 1.807) is 0 Å². The van der Waals surface area contributed by atoms with Crippen molar-refractivity contribution in [3.63, 3.8) is 0 Å². The Morgan fingerprint density at radius 3 is 2.63 bits per heavy atom. The number of ether oxygens (including phenoxy) is 2. The first-order valence-corrected chi connectivity index (χ1v) is 7.14. The van der Waals surface area contributed by atoms with E-state index in [9.17, 15) is 9.90 Å². The maximum absolute atomic E-state index is 11.6. The lowest BCUT2D eigenvalue weighted by atomic mass is 9.50. The highest BCUT2D eigenvalue weighted by Crippen LogP contribution is 2.61. The predicted molar refractivity (Wildman–Crippen MR) is 69.5 cm³/mol. The fourth-order valence-corrected chi connectivity index (χ4v) is 5.05. The molecule has 0 aromatic carbocycles. The molecule has 0 aliphatic heterocycles. The Kier molecular flexibility index (Phi) is 2.81. The first-order valence-electron chi connectivity index (χ1n) is 7.14. The Balaban J connectivity index is 1.91. The Labute approximate surface area is 113 Å². The van der Waals surface area contributed by atoms with E-state index < -0.39 is 17.2 Å². The molecule has 4 aliphatic carbocycles. The monoisotopic (exact) mass is 266 g/mol. The van der Waals surface area contributed by atoms with E-state index in [0.29, 0.717) is 31.8 Å². The van der Waals surface area contributed by atoms with Gasteiger partial charge in [-0.2, -0.15) is 0 Å². The van der Waals surface area contributed by atoms with Crippen molar-refractivity contribution in [1.82, 2.24) is 0 Å². The minimum absolute atomic E-state index is 0.301. The highest BCUT2D eigenvalue weighted by Gasteiger charge is 2.65. The fraction of sp³-hybridized carbons (Fsp3) is 0.800. The normalized spacial score (nSPS) is 47.2. The lowest BCUT2D eigenvalue weighted by molar-refractivity contribution is -0.271. The zero-order valence-corrected chi connectivity index (χ0v) is 11.5. The zero-order valence-electron chi connectivity index (χ0n) is 11.5. The zero-order chi connectivity index (χ0) is 13.7. The van der Waals surface area contributed by atoms with Gasteiger partial charge in [0, 0.05) is 31.9 Å². The molecule has 4 nitrogen and oxygen atoms in total. The van der Waals surface area contributed by atoms with Crippen LogP contribution in [0.2, 0.25) is 0 Å².